The number of hydrogen-bond donors (Lipinski definition) is 4. The van der Waals surface area contributed by atoms with Crippen molar-refractivity contribution in [3.63, 3.8) is 0 Å². The molecule has 3 aromatic rings. The number of aromatic nitrogens is 2. The second kappa shape index (κ2) is 7.74. The van der Waals surface area contributed by atoms with Crippen LogP contribution in [0.4, 0.5) is 10.8 Å². The van der Waals surface area contributed by atoms with Crippen LogP contribution in [0.3, 0.4) is 0 Å². The Morgan fingerprint density at radius 1 is 1.14 bits per heavy atom. The third-order valence-electron chi connectivity index (χ3n) is 3.53. The number of rotatable bonds is 5. The second-order valence-electron chi connectivity index (χ2n) is 5.61. The summed E-state index contributed by atoms with van der Waals surface area (Å²) in [7, 11) is 0. The van der Waals surface area contributed by atoms with Crippen LogP contribution >= 0.6 is 22.7 Å². The highest BCUT2D eigenvalue weighted by Gasteiger charge is 2.19. The lowest BCUT2D eigenvalue weighted by Crippen LogP contribution is -2.12. The smallest absolute Gasteiger partial charge is 0.339 e. The maximum atomic E-state index is 12.4. The maximum Gasteiger partial charge on any atom is 0.339 e. The van der Waals surface area contributed by atoms with Crippen LogP contribution in [0.15, 0.2) is 23.6 Å². The normalized spacial score (nSPS) is 10.5. The summed E-state index contributed by atoms with van der Waals surface area (Å²) in [5, 5.41) is 26.4. The Kier molecular flexibility index (Phi) is 5.38. The quantitative estimate of drug-likeness (QED) is 0.466. The van der Waals surface area contributed by atoms with Crippen LogP contribution in [0.25, 0.3) is 10.6 Å². The van der Waals surface area contributed by atoms with Crippen molar-refractivity contribution in [2.75, 3.05) is 10.6 Å². The minimum absolute atomic E-state index is 0.0245. The molecule has 2 amide bonds. The van der Waals surface area contributed by atoms with Gasteiger partial charge < -0.3 is 20.8 Å². The molecule has 0 saturated carbocycles. The number of aromatic hydroxyl groups is 1. The molecule has 4 N–H and O–H groups in total. The summed E-state index contributed by atoms with van der Waals surface area (Å²) in [6, 6.07) is 4.03. The predicted molar refractivity (Wildman–Crippen MR) is 105 cm³/mol. The van der Waals surface area contributed by atoms with Gasteiger partial charge in [0.05, 0.1) is 22.0 Å². The summed E-state index contributed by atoms with van der Waals surface area (Å²) < 4.78 is 0. The van der Waals surface area contributed by atoms with Crippen LogP contribution < -0.4 is 10.6 Å². The molecule has 0 radical (unpaired) electrons. The molecule has 0 fully saturated rings. The van der Waals surface area contributed by atoms with E-state index in [2.05, 4.69) is 20.6 Å². The van der Waals surface area contributed by atoms with E-state index in [-0.39, 0.29) is 22.2 Å². The molecule has 0 aliphatic heterocycles. The molecule has 3 rings (SSSR count). The molecule has 0 atom stereocenters. The van der Waals surface area contributed by atoms with Crippen molar-refractivity contribution >= 4 is 51.3 Å². The van der Waals surface area contributed by atoms with Crippen molar-refractivity contribution in [1.82, 2.24) is 9.97 Å². The van der Waals surface area contributed by atoms with Crippen molar-refractivity contribution < 1.29 is 24.6 Å². The molecule has 0 spiro atoms. The molecule has 2 aromatic heterocycles. The van der Waals surface area contributed by atoms with Crippen molar-refractivity contribution in [1.29, 1.82) is 0 Å². The van der Waals surface area contributed by atoms with E-state index < -0.39 is 17.6 Å². The van der Waals surface area contributed by atoms with Gasteiger partial charge in [0.15, 0.2) is 15.9 Å². The summed E-state index contributed by atoms with van der Waals surface area (Å²) in [4.78, 5) is 43.9. The van der Waals surface area contributed by atoms with Crippen LogP contribution in [-0.4, -0.2) is 38.0 Å². The Balaban J connectivity index is 1.82. The van der Waals surface area contributed by atoms with Crippen LogP contribution in [0.2, 0.25) is 0 Å². The predicted octanol–water partition coefficient (Wildman–Crippen LogP) is 3.19. The highest BCUT2D eigenvalue weighted by atomic mass is 32.1. The number of carbonyl (C=O) groups is 3. The van der Waals surface area contributed by atoms with E-state index in [1.807, 2.05) is 0 Å². The lowest BCUT2D eigenvalue weighted by atomic mass is 10.1. The van der Waals surface area contributed by atoms with Gasteiger partial charge in [-0.15, -0.1) is 11.3 Å². The molecule has 0 bridgehead atoms. The first-order valence-electron chi connectivity index (χ1n) is 7.83. The minimum Gasteiger partial charge on any atom is -0.505 e. The van der Waals surface area contributed by atoms with E-state index in [1.165, 1.54) is 36.5 Å². The van der Waals surface area contributed by atoms with Crippen LogP contribution in [-0.2, 0) is 4.79 Å². The summed E-state index contributed by atoms with van der Waals surface area (Å²) in [5.74, 6) is -2.65. The molecule has 11 heteroatoms. The lowest BCUT2D eigenvalue weighted by Gasteiger charge is -2.07. The van der Waals surface area contributed by atoms with E-state index in [0.29, 0.717) is 16.5 Å². The molecular weight excluding hydrogens is 404 g/mol. The second-order valence-corrected chi connectivity index (χ2v) is 7.47. The monoisotopic (exact) mass is 418 g/mol. The van der Waals surface area contributed by atoms with Gasteiger partial charge in [0.2, 0.25) is 5.91 Å². The molecule has 0 aliphatic rings. The summed E-state index contributed by atoms with van der Waals surface area (Å²) in [6.07, 6.45) is 0. The summed E-state index contributed by atoms with van der Waals surface area (Å²) in [5.41, 5.74) is 0.857. The number of carboxylic acid groups (broad SMARTS) is 1. The zero-order chi connectivity index (χ0) is 20.4. The summed E-state index contributed by atoms with van der Waals surface area (Å²) >= 11 is 2.33. The van der Waals surface area contributed by atoms with Gasteiger partial charge in [0.1, 0.15) is 5.56 Å². The van der Waals surface area contributed by atoms with Gasteiger partial charge in [-0.25, -0.2) is 14.8 Å². The van der Waals surface area contributed by atoms with Crippen molar-refractivity contribution in [2.45, 2.75) is 13.8 Å². The number of aromatic carboxylic acids is 1. The van der Waals surface area contributed by atoms with Gasteiger partial charge in [-0.2, -0.15) is 0 Å². The fraction of sp³-hybridized carbons (Fsp3) is 0.118. The van der Waals surface area contributed by atoms with Gasteiger partial charge in [-0.05, 0) is 19.1 Å². The van der Waals surface area contributed by atoms with Gasteiger partial charge in [-0.1, -0.05) is 17.4 Å². The fourth-order valence-corrected chi connectivity index (χ4v) is 4.06. The Bertz CT molecular complexity index is 1090. The molecule has 9 nitrogen and oxygen atoms in total. The highest BCUT2D eigenvalue weighted by Crippen LogP contribution is 2.34. The Morgan fingerprint density at radius 3 is 2.57 bits per heavy atom. The first-order valence-corrected chi connectivity index (χ1v) is 9.53. The number of thiazole rings is 2. The number of phenols is 1. The number of nitrogens with zero attached hydrogens (tertiary/aromatic N) is 2. The van der Waals surface area contributed by atoms with Crippen LogP contribution in [0.5, 0.6) is 5.75 Å². The van der Waals surface area contributed by atoms with E-state index in [0.717, 1.165) is 16.2 Å². The SMILES string of the molecule is CC(=O)Nc1nc(C)c(-c2csc(C(=O)Nc3cccc(C(=O)O)c3O)n2)s1. The number of benzene rings is 1. The zero-order valence-corrected chi connectivity index (χ0v) is 16.3. The Labute approximate surface area is 166 Å². The third kappa shape index (κ3) is 4.00. The van der Waals surface area contributed by atoms with Crippen molar-refractivity contribution in [3.05, 3.63) is 39.8 Å². The van der Waals surface area contributed by atoms with Crippen molar-refractivity contribution in [3.8, 4) is 16.3 Å². The van der Waals surface area contributed by atoms with Gasteiger partial charge in [-0.3, -0.25) is 9.59 Å². The summed E-state index contributed by atoms with van der Waals surface area (Å²) in [6.45, 7) is 3.15. The first-order chi connectivity index (χ1) is 13.3. The number of carbonyl (C=O) groups excluding carboxylic acids is 2. The molecule has 2 heterocycles. The number of hydrogen-bond acceptors (Lipinski definition) is 8. The van der Waals surface area contributed by atoms with Crippen molar-refractivity contribution in [2.24, 2.45) is 0 Å². The number of para-hydroxylation sites is 1. The van der Waals surface area contributed by atoms with Gasteiger partial charge in [0, 0.05) is 12.3 Å². The maximum absolute atomic E-state index is 12.4. The van der Waals surface area contributed by atoms with E-state index in [4.69, 9.17) is 5.11 Å². The zero-order valence-electron chi connectivity index (χ0n) is 14.6. The molecule has 0 unspecified atom stereocenters. The molecule has 0 saturated heterocycles. The molecule has 1 aromatic carbocycles. The molecule has 144 valence electrons. The average Bonchev–Trinajstić information content (AvgIpc) is 3.22. The molecule has 0 aliphatic carbocycles. The first kappa shape index (κ1) is 19.5. The van der Waals surface area contributed by atoms with Crippen LogP contribution in [0.1, 0.15) is 32.8 Å². The number of aryl methyl sites for hydroxylation is 1. The number of anilines is 2. The van der Waals surface area contributed by atoms with E-state index in [1.54, 1.807) is 12.3 Å². The van der Waals surface area contributed by atoms with Gasteiger partial charge in [0.25, 0.3) is 5.91 Å². The highest BCUT2D eigenvalue weighted by molar-refractivity contribution is 7.19. The lowest BCUT2D eigenvalue weighted by molar-refractivity contribution is -0.114. The topological polar surface area (TPSA) is 142 Å². The number of amides is 2. The standard InChI is InChI=1S/C17H14N4O5S2/c1-7-13(28-17(18-7)19-8(2)22)11-6-27-15(21-11)14(24)20-10-5-3-4-9(12(10)23)16(25)26/h3-6,23H,1-2H3,(H,20,24)(H,25,26)(H,18,19,22). The number of carboxylic acids is 1. The Hall–Kier alpha value is -3.31. The van der Waals surface area contributed by atoms with Crippen LogP contribution in [0, 0.1) is 6.92 Å². The third-order valence-corrected chi connectivity index (χ3v) is 5.46. The molecule has 28 heavy (non-hydrogen) atoms. The van der Waals surface area contributed by atoms with Gasteiger partial charge >= 0.3 is 5.97 Å². The minimum atomic E-state index is -1.30. The number of nitrogens with one attached hydrogen (secondary N) is 2. The van der Waals surface area contributed by atoms with E-state index >= 15 is 0 Å². The Morgan fingerprint density at radius 2 is 1.89 bits per heavy atom. The average molecular weight is 418 g/mol. The molecular formula is C17H14N4O5S2. The van der Waals surface area contributed by atoms with E-state index in [9.17, 15) is 19.5 Å². The largest absolute Gasteiger partial charge is 0.505 e. The fourth-order valence-electron chi connectivity index (χ4n) is 2.31.